The van der Waals surface area contributed by atoms with Crippen molar-refractivity contribution in [3.63, 3.8) is 0 Å². The number of methoxy groups -OCH3 is 1. The van der Waals surface area contributed by atoms with Crippen LogP contribution in [0.1, 0.15) is 0 Å². The Labute approximate surface area is 89.7 Å². The maximum atomic E-state index is 8.47. The number of hydrogen-bond acceptors (Lipinski definition) is 3. The van der Waals surface area contributed by atoms with Crippen LogP contribution in [0, 0.1) is 0 Å². The number of guanidine groups is 1. The number of aliphatic imine (C=N–C) groups is 1. The molecule has 0 unspecified atom stereocenters. The molecule has 0 saturated carbocycles. The van der Waals surface area contributed by atoms with E-state index in [-0.39, 0.29) is 5.96 Å². The highest BCUT2D eigenvalue weighted by atomic mass is 79.9. The Hall–Kier alpha value is -1.27. The van der Waals surface area contributed by atoms with E-state index in [0.717, 1.165) is 4.47 Å². The predicted molar refractivity (Wildman–Crippen MR) is 56.9 cm³/mol. The highest BCUT2D eigenvalue weighted by molar-refractivity contribution is 9.10. The quantitative estimate of drug-likeness (QED) is 0.426. The van der Waals surface area contributed by atoms with Crippen LogP contribution in [0.2, 0.25) is 0 Å². The molecule has 0 spiro atoms. The number of benzene rings is 1. The van der Waals surface area contributed by atoms with Gasteiger partial charge in [0.05, 0.1) is 7.11 Å². The van der Waals surface area contributed by atoms with Crippen molar-refractivity contribution in [3.05, 3.63) is 22.7 Å². The third-order valence-electron chi connectivity index (χ3n) is 1.50. The maximum absolute atomic E-state index is 8.47. The zero-order chi connectivity index (χ0) is 10.6. The van der Waals surface area contributed by atoms with Crippen molar-refractivity contribution in [1.29, 1.82) is 0 Å². The molecule has 14 heavy (non-hydrogen) atoms. The van der Waals surface area contributed by atoms with E-state index in [2.05, 4.69) is 20.9 Å². The summed E-state index contributed by atoms with van der Waals surface area (Å²) < 4.78 is 5.90. The van der Waals surface area contributed by atoms with Gasteiger partial charge in [0.15, 0.2) is 0 Å². The molecular formula is C8H10BrN3O2. The molecule has 0 atom stereocenters. The SMILES string of the molecule is COc1ccc(Br)cc1N=C(N)NO. The molecule has 0 bridgehead atoms. The minimum atomic E-state index is -0.0959. The van der Waals surface area contributed by atoms with Crippen LogP contribution < -0.4 is 16.0 Å². The van der Waals surface area contributed by atoms with Crippen molar-refractivity contribution in [2.75, 3.05) is 7.11 Å². The summed E-state index contributed by atoms with van der Waals surface area (Å²) >= 11 is 3.29. The van der Waals surface area contributed by atoms with Gasteiger partial charge >= 0.3 is 0 Å². The van der Waals surface area contributed by atoms with E-state index >= 15 is 0 Å². The lowest BCUT2D eigenvalue weighted by Gasteiger charge is -2.05. The van der Waals surface area contributed by atoms with Gasteiger partial charge in [0.1, 0.15) is 11.4 Å². The molecule has 1 aromatic carbocycles. The van der Waals surface area contributed by atoms with Crippen molar-refractivity contribution in [2.24, 2.45) is 10.7 Å². The molecule has 1 rings (SSSR count). The van der Waals surface area contributed by atoms with Gasteiger partial charge in [0.25, 0.3) is 0 Å². The molecule has 0 aliphatic rings. The second-order valence-electron chi connectivity index (χ2n) is 2.43. The molecule has 0 radical (unpaired) electrons. The highest BCUT2D eigenvalue weighted by Gasteiger charge is 2.02. The lowest BCUT2D eigenvalue weighted by Crippen LogP contribution is -2.27. The van der Waals surface area contributed by atoms with Crippen LogP contribution in [0.4, 0.5) is 5.69 Å². The van der Waals surface area contributed by atoms with E-state index in [4.69, 9.17) is 15.7 Å². The van der Waals surface area contributed by atoms with Gasteiger partial charge in [-0.05, 0) is 18.2 Å². The molecule has 76 valence electrons. The molecule has 1 aromatic rings. The molecule has 0 fully saturated rings. The summed E-state index contributed by atoms with van der Waals surface area (Å²) in [6.45, 7) is 0. The third kappa shape index (κ3) is 2.61. The number of rotatable bonds is 2. The van der Waals surface area contributed by atoms with E-state index in [0.29, 0.717) is 11.4 Å². The average Bonchev–Trinajstić information content (AvgIpc) is 2.18. The first-order valence-corrected chi connectivity index (χ1v) is 4.54. The van der Waals surface area contributed by atoms with Gasteiger partial charge in [0, 0.05) is 4.47 Å². The van der Waals surface area contributed by atoms with E-state index in [1.165, 1.54) is 7.11 Å². The largest absolute Gasteiger partial charge is 0.494 e. The maximum Gasteiger partial charge on any atom is 0.218 e. The van der Waals surface area contributed by atoms with Crippen molar-refractivity contribution >= 4 is 27.6 Å². The van der Waals surface area contributed by atoms with Crippen LogP contribution in [0.25, 0.3) is 0 Å². The lowest BCUT2D eigenvalue weighted by molar-refractivity contribution is 0.233. The summed E-state index contributed by atoms with van der Waals surface area (Å²) in [4.78, 5) is 3.89. The fourth-order valence-electron chi connectivity index (χ4n) is 0.905. The van der Waals surface area contributed by atoms with Gasteiger partial charge in [-0.15, -0.1) is 0 Å². The molecule has 0 aliphatic heterocycles. The summed E-state index contributed by atoms with van der Waals surface area (Å²) in [6.07, 6.45) is 0. The van der Waals surface area contributed by atoms with Gasteiger partial charge in [-0.2, -0.15) is 0 Å². The smallest absolute Gasteiger partial charge is 0.218 e. The van der Waals surface area contributed by atoms with Crippen molar-refractivity contribution in [3.8, 4) is 5.75 Å². The van der Waals surface area contributed by atoms with E-state index < -0.39 is 0 Å². The fraction of sp³-hybridized carbons (Fsp3) is 0.125. The second kappa shape index (κ2) is 4.83. The van der Waals surface area contributed by atoms with Gasteiger partial charge in [0.2, 0.25) is 5.96 Å². The molecule has 0 amide bonds. The fourth-order valence-corrected chi connectivity index (χ4v) is 1.25. The number of halogens is 1. The van der Waals surface area contributed by atoms with Gasteiger partial charge < -0.3 is 10.5 Å². The molecule has 4 N–H and O–H groups in total. The number of ether oxygens (including phenoxy) is 1. The Bertz CT molecular complexity index is 354. The summed E-state index contributed by atoms with van der Waals surface area (Å²) in [5.74, 6) is 0.479. The van der Waals surface area contributed by atoms with Crippen LogP contribution in [0.15, 0.2) is 27.7 Å². The molecule has 0 aliphatic carbocycles. The van der Waals surface area contributed by atoms with E-state index in [1.807, 2.05) is 6.07 Å². The van der Waals surface area contributed by atoms with E-state index in [9.17, 15) is 0 Å². The average molecular weight is 260 g/mol. The Morgan fingerprint density at radius 1 is 1.64 bits per heavy atom. The predicted octanol–water partition coefficient (Wildman–Crippen LogP) is 1.38. The normalized spacial score (nSPS) is 11.2. The third-order valence-corrected chi connectivity index (χ3v) is 1.99. The molecule has 5 nitrogen and oxygen atoms in total. The van der Waals surface area contributed by atoms with Crippen LogP contribution in [-0.4, -0.2) is 18.3 Å². The van der Waals surface area contributed by atoms with Gasteiger partial charge in [-0.3, -0.25) is 5.21 Å². The number of nitrogens with zero attached hydrogens (tertiary/aromatic N) is 1. The summed E-state index contributed by atoms with van der Waals surface area (Å²) in [5.41, 5.74) is 7.57. The second-order valence-corrected chi connectivity index (χ2v) is 3.34. The number of hydroxylamine groups is 1. The topological polar surface area (TPSA) is 79.9 Å². The zero-order valence-electron chi connectivity index (χ0n) is 7.49. The standard InChI is InChI=1S/C8H10BrN3O2/c1-14-7-3-2-5(9)4-6(7)11-8(10)12-13/h2-4,13H,1H3,(H3,10,11,12). The minimum absolute atomic E-state index is 0.0959. The van der Waals surface area contributed by atoms with Crippen molar-refractivity contribution in [2.45, 2.75) is 0 Å². The first-order valence-electron chi connectivity index (χ1n) is 3.75. The molecule has 0 saturated heterocycles. The first-order chi connectivity index (χ1) is 6.67. The number of nitrogens with two attached hydrogens (primary N) is 1. The Morgan fingerprint density at radius 3 is 2.93 bits per heavy atom. The summed E-state index contributed by atoms with van der Waals surface area (Å²) in [7, 11) is 1.53. The Morgan fingerprint density at radius 2 is 2.36 bits per heavy atom. The lowest BCUT2D eigenvalue weighted by atomic mass is 10.3. The van der Waals surface area contributed by atoms with Crippen LogP contribution >= 0.6 is 15.9 Å². The van der Waals surface area contributed by atoms with Gasteiger partial charge in [-0.25, -0.2) is 10.5 Å². The molecular weight excluding hydrogens is 250 g/mol. The number of nitrogens with one attached hydrogen (secondary N) is 1. The molecule has 0 heterocycles. The van der Waals surface area contributed by atoms with Crippen molar-refractivity contribution in [1.82, 2.24) is 5.48 Å². The van der Waals surface area contributed by atoms with Crippen LogP contribution in [-0.2, 0) is 0 Å². The van der Waals surface area contributed by atoms with E-state index in [1.54, 1.807) is 17.6 Å². The minimum Gasteiger partial charge on any atom is -0.494 e. The molecule has 6 heteroatoms. The Kier molecular flexibility index (Phi) is 3.73. The van der Waals surface area contributed by atoms with Crippen LogP contribution in [0.3, 0.4) is 0 Å². The highest BCUT2D eigenvalue weighted by Crippen LogP contribution is 2.30. The first kappa shape index (κ1) is 10.8. The van der Waals surface area contributed by atoms with Crippen LogP contribution in [0.5, 0.6) is 5.75 Å². The summed E-state index contributed by atoms with van der Waals surface area (Å²) in [5, 5.41) is 8.47. The summed E-state index contributed by atoms with van der Waals surface area (Å²) in [6, 6.07) is 5.29. The molecule has 0 aromatic heterocycles. The van der Waals surface area contributed by atoms with Crippen molar-refractivity contribution < 1.29 is 9.94 Å². The van der Waals surface area contributed by atoms with Gasteiger partial charge in [-0.1, -0.05) is 15.9 Å². The monoisotopic (exact) mass is 259 g/mol. The Balaban J connectivity index is 3.11. The zero-order valence-corrected chi connectivity index (χ0v) is 9.08. The number of hydrogen-bond donors (Lipinski definition) is 3.